The molecule has 2 rings (SSSR count). The van der Waals surface area contributed by atoms with Crippen LogP contribution in [0.25, 0.3) is 0 Å². The molecule has 0 aromatic heterocycles. The second-order valence-corrected chi connectivity index (χ2v) is 3.80. The van der Waals surface area contributed by atoms with Crippen molar-refractivity contribution in [1.82, 2.24) is 0 Å². The number of halogens is 3. The highest BCUT2D eigenvalue weighted by atomic mass is 19.4. The highest BCUT2D eigenvalue weighted by molar-refractivity contribution is 6.05. The predicted octanol–water partition coefficient (Wildman–Crippen LogP) is 1.79. The van der Waals surface area contributed by atoms with Crippen LogP contribution in [0.3, 0.4) is 0 Å². The van der Waals surface area contributed by atoms with Gasteiger partial charge in [0, 0.05) is 11.6 Å². The first-order valence-corrected chi connectivity index (χ1v) is 5.18. The summed E-state index contributed by atoms with van der Waals surface area (Å²) in [5, 5.41) is 11.6. The van der Waals surface area contributed by atoms with Gasteiger partial charge in [-0.2, -0.15) is 13.2 Å². The summed E-state index contributed by atoms with van der Waals surface area (Å²) in [4.78, 5) is 11.3. The number of hydrogen-bond acceptors (Lipinski definition) is 3. The third kappa shape index (κ3) is 1.62. The molecule has 7 heteroatoms. The number of nitrogens with one attached hydrogen (secondary N) is 1. The molecular weight excluding hydrogens is 251 g/mol. The molecule has 98 valence electrons. The largest absolute Gasteiger partial charge is 0.494 e. The summed E-state index contributed by atoms with van der Waals surface area (Å²) in [5.41, 5.74) is -4.10. The fourth-order valence-corrected chi connectivity index (χ4v) is 1.82. The van der Waals surface area contributed by atoms with Crippen LogP contribution in [0.1, 0.15) is 12.5 Å². The van der Waals surface area contributed by atoms with Gasteiger partial charge in [0.15, 0.2) is 0 Å². The monoisotopic (exact) mass is 261 g/mol. The number of benzene rings is 1. The molecule has 1 amide bonds. The van der Waals surface area contributed by atoms with E-state index in [0.717, 1.165) is 6.07 Å². The number of fused-ring (bicyclic) bond motifs is 1. The van der Waals surface area contributed by atoms with Gasteiger partial charge in [-0.25, -0.2) is 0 Å². The Morgan fingerprint density at radius 2 is 2.11 bits per heavy atom. The van der Waals surface area contributed by atoms with Gasteiger partial charge >= 0.3 is 6.18 Å². The molecule has 1 atom stereocenters. The van der Waals surface area contributed by atoms with Crippen LogP contribution >= 0.6 is 0 Å². The zero-order valence-corrected chi connectivity index (χ0v) is 9.34. The quantitative estimate of drug-likeness (QED) is 0.853. The van der Waals surface area contributed by atoms with Crippen LogP contribution in [0.5, 0.6) is 5.75 Å². The van der Waals surface area contributed by atoms with Gasteiger partial charge in [-0.15, -0.1) is 0 Å². The number of carbonyl (C=O) groups excluding carboxylic acids is 1. The molecular formula is C11H10F3NO3. The van der Waals surface area contributed by atoms with Gasteiger partial charge in [-0.05, 0) is 19.1 Å². The SMILES string of the molecule is CCOc1ccc2c(c1)NC(=O)[C@@]2(O)C(F)(F)F. The van der Waals surface area contributed by atoms with E-state index in [1.54, 1.807) is 6.92 Å². The molecule has 4 nitrogen and oxygen atoms in total. The van der Waals surface area contributed by atoms with Gasteiger partial charge in [0.1, 0.15) is 5.75 Å². The van der Waals surface area contributed by atoms with Crippen molar-refractivity contribution < 1.29 is 27.8 Å². The molecule has 0 fully saturated rings. The van der Waals surface area contributed by atoms with E-state index >= 15 is 0 Å². The van der Waals surface area contributed by atoms with Gasteiger partial charge in [0.25, 0.3) is 11.5 Å². The van der Waals surface area contributed by atoms with E-state index in [4.69, 9.17) is 4.74 Å². The Bertz CT molecular complexity index is 501. The van der Waals surface area contributed by atoms with E-state index in [0.29, 0.717) is 12.4 Å². The maximum absolute atomic E-state index is 12.8. The van der Waals surface area contributed by atoms with Crippen molar-refractivity contribution in [2.45, 2.75) is 18.7 Å². The topological polar surface area (TPSA) is 58.6 Å². The summed E-state index contributed by atoms with van der Waals surface area (Å²) >= 11 is 0. The number of rotatable bonds is 2. The highest BCUT2D eigenvalue weighted by Gasteiger charge is 2.64. The number of ether oxygens (including phenoxy) is 1. The molecule has 1 aliphatic heterocycles. The molecule has 0 radical (unpaired) electrons. The summed E-state index contributed by atoms with van der Waals surface area (Å²) in [6, 6.07) is 3.56. The second-order valence-electron chi connectivity index (χ2n) is 3.80. The van der Waals surface area contributed by atoms with Crippen molar-refractivity contribution >= 4 is 11.6 Å². The minimum atomic E-state index is -5.07. The molecule has 2 N–H and O–H groups in total. The van der Waals surface area contributed by atoms with Gasteiger partial charge in [-0.1, -0.05) is 0 Å². The summed E-state index contributed by atoms with van der Waals surface area (Å²) < 4.78 is 43.4. The lowest BCUT2D eigenvalue weighted by molar-refractivity contribution is -0.252. The molecule has 0 unspecified atom stereocenters. The minimum absolute atomic E-state index is 0.0919. The molecule has 0 aliphatic carbocycles. The van der Waals surface area contributed by atoms with Crippen LogP contribution in [0.2, 0.25) is 0 Å². The Morgan fingerprint density at radius 1 is 1.44 bits per heavy atom. The fourth-order valence-electron chi connectivity index (χ4n) is 1.82. The van der Waals surface area contributed by atoms with Crippen molar-refractivity contribution in [2.24, 2.45) is 0 Å². The van der Waals surface area contributed by atoms with Crippen molar-refractivity contribution in [3.8, 4) is 5.75 Å². The average molecular weight is 261 g/mol. The van der Waals surface area contributed by atoms with E-state index < -0.39 is 23.2 Å². The lowest BCUT2D eigenvalue weighted by atomic mass is 9.95. The van der Waals surface area contributed by atoms with Gasteiger partial charge < -0.3 is 15.2 Å². The van der Waals surface area contributed by atoms with E-state index in [9.17, 15) is 23.1 Å². The maximum atomic E-state index is 12.8. The first-order chi connectivity index (χ1) is 8.30. The zero-order valence-electron chi connectivity index (χ0n) is 9.34. The maximum Gasteiger partial charge on any atom is 0.430 e. The lowest BCUT2D eigenvalue weighted by Crippen LogP contribution is -2.47. The first kappa shape index (κ1) is 12.7. The van der Waals surface area contributed by atoms with Gasteiger partial charge in [0.05, 0.1) is 12.3 Å². The molecule has 18 heavy (non-hydrogen) atoms. The Balaban J connectivity index is 2.51. The molecule has 0 spiro atoms. The third-order valence-corrected chi connectivity index (χ3v) is 2.68. The predicted molar refractivity (Wildman–Crippen MR) is 56.2 cm³/mol. The van der Waals surface area contributed by atoms with Crippen molar-refractivity contribution in [3.63, 3.8) is 0 Å². The normalized spacial score (nSPS) is 22.6. The van der Waals surface area contributed by atoms with Crippen molar-refractivity contribution in [1.29, 1.82) is 0 Å². The highest BCUT2D eigenvalue weighted by Crippen LogP contribution is 2.47. The van der Waals surface area contributed by atoms with E-state index in [2.05, 4.69) is 0 Å². The molecule has 0 saturated heterocycles. The van der Waals surface area contributed by atoms with E-state index in [1.807, 2.05) is 5.32 Å². The second kappa shape index (κ2) is 3.88. The standard InChI is InChI=1S/C11H10F3NO3/c1-2-18-6-3-4-7-8(5-6)15-9(16)10(7,17)11(12,13)14/h3-5,17H,2H2,1H3,(H,15,16)/t10-/m1/s1. The van der Waals surface area contributed by atoms with Crippen LogP contribution in [0, 0.1) is 0 Å². The van der Waals surface area contributed by atoms with E-state index in [1.165, 1.54) is 12.1 Å². The molecule has 0 saturated carbocycles. The Kier molecular flexibility index (Phi) is 2.73. The zero-order chi connectivity index (χ0) is 13.6. The number of amides is 1. The van der Waals surface area contributed by atoms with Crippen molar-refractivity contribution in [2.75, 3.05) is 11.9 Å². The summed E-state index contributed by atoms with van der Waals surface area (Å²) in [7, 11) is 0. The van der Waals surface area contributed by atoms with Gasteiger partial charge in [0.2, 0.25) is 0 Å². The number of hydrogen-bond donors (Lipinski definition) is 2. The van der Waals surface area contributed by atoms with Crippen LogP contribution in [-0.2, 0) is 10.4 Å². The molecule has 1 aliphatic rings. The lowest BCUT2D eigenvalue weighted by Gasteiger charge is -2.23. The van der Waals surface area contributed by atoms with Crippen LogP contribution < -0.4 is 10.1 Å². The first-order valence-electron chi connectivity index (χ1n) is 5.18. The molecule has 1 aromatic carbocycles. The van der Waals surface area contributed by atoms with Crippen LogP contribution in [0.15, 0.2) is 18.2 Å². The molecule has 0 bridgehead atoms. The minimum Gasteiger partial charge on any atom is -0.494 e. The van der Waals surface area contributed by atoms with E-state index in [-0.39, 0.29) is 5.69 Å². The van der Waals surface area contributed by atoms with Crippen LogP contribution in [0.4, 0.5) is 18.9 Å². The average Bonchev–Trinajstić information content (AvgIpc) is 2.52. The molecule has 1 heterocycles. The van der Waals surface area contributed by atoms with Gasteiger partial charge in [-0.3, -0.25) is 4.79 Å². The third-order valence-electron chi connectivity index (χ3n) is 2.68. The number of carbonyl (C=O) groups is 1. The molecule has 1 aromatic rings. The Hall–Kier alpha value is -1.76. The van der Waals surface area contributed by atoms with Crippen LogP contribution in [-0.4, -0.2) is 23.8 Å². The Labute approximate surface area is 100 Å². The number of aliphatic hydroxyl groups is 1. The van der Waals surface area contributed by atoms with Crippen molar-refractivity contribution in [3.05, 3.63) is 23.8 Å². The summed E-state index contributed by atoms with van der Waals surface area (Å²) in [6.45, 7) is 2.06. The number of anilines is 1. The number of alkyl halides is 3. The fraction of sp³-hybridized carbons (Fsp3) is 0.364. The Morgan fingerprint density at radius 3 is 2.67 bits per heavy atom. The summed E-state index contributed by atoms with van der Waals surface area (Å²) in [6.07, 6.45) is -5.07. The smallest absolute Gasteiger partial charge is 0.430 e. The summed E-state index contributed by atoms with van der Waals surface area (Å²) in [5.74, 6) is -1.18.